The van der Waals surface area contributed by atoms with E-state index in [0.29, 0.717) is 16.9 Å². The molecule has 0 radical (unpaired) electrons. The quantitative estimate of drug-likeness (QED) is 0.159. The number of anilines is 1. The predicted molar refractivity (Wildman–Crippen MR) is 135 cm³/mol. The van der Waals surface area contributed by atoms with Crippen LogP contribution in [-0.4, -0.2) is 22.7 Å². The maximum absolute atomic E-state index is 14.0. The number of nitro benzene ring substituents is 1. The summed E-state index contributed by atoms with van der Waals surface area (Å²) in [6, 6.07) is 18.4. The molecule has 3 aromatic carbocycles. The van der Waals surface area contributed by atoms with Gasteiger partial charge < -0.3 is 4.74 Å². The number of hydrogen-bond acceptors (Lipinski definition) is 6. The number of aryl methyl sites for hydroxylation is 1. The Hall–Kier alpha value is -4.30. The second-order valence-electron chi connectivity index (χ2n) is 9.41. The maximum Gasteiger partial charge on any atom is 0.319 e. The highest BCUT2D eigenvalue weighted by atomic mass is 35.5. The molecule has 2 aliphatic heterocycles. The molecule has 1 fully saturated rings. The van der Waals surface area contributed by atoms with E-state index in [2.05, 4.69) is 0 Å². The molecule has 184 valence electrons. The first-order valence-electron chi connectivity index (χ1n) is 11.7. The highest BCUT2D eigenvalue weighted by Crippen LogP contribution is 2.55. The van der Waals surface area contributed by atoms with Crippen molar-refractivity contribution in [3.8, 4) is 5.75 Å². The standard InChI is InChI=1S/C28H19ClN2O6/c1-14-7-9-17-19-13-18(15-5-3-2-4-6-15)23-25(24(19)28(34)37-22(17)11-14)27(33)30(26(23)32)21-12-16(31(35)36)8-10-20(21)29/h2-13,18,23-25H,1H3/t18-,23-,24-,25-/m1/s1. The van der Waals surface area contributed by atoms with Crippen molar-refractivity contribution in [2.24, 2.45) is 17.8 Å². The molecule has 0 aromatic heterocycles. The van der Waals surface area contributed by atoms with Gasteiger partial charge in [0.05, 0.1) is 33.4 Å². The molecule has 3 aliphatic rings. The molecular formula is C28H19ClN2O6. The molecule has 0 spiro atoms. The highest BCUT2D eigenvalue weighted by molar-refractivity contribution is 6.36. The lowest BCUT2D eigenvalue weighted by atomic mass is 9.64. The van der Waals surface area contributed by atoms with Gasteiger partial charge in [-0.3, -0.25) is 24.5 Å². The Bertz CT molecular complexity index is 1550. The second kappa shape index (κ2) is 8.38. The molecule has 6 rings (SSSR count). The predicted octanol–water partition coefficient (Wildman–Crippen LogP) is 5.08. The third kappa shape index (κ3) is 3.48. The monoisotopic (exact) mass is 514 g/mol. The first kappa shape index (κ1) is 23.1. The van der Waals surface area contributed by atoms with Gasteiger partial charge >= 0.3 is 5.97 Å². The molecule has 0 unspecified atom stereocenters. The number of amides is 2. The van der Waals surface area contributed by atoms with Gasteiger partial charge in [-0.2, -0.15) is 0 Å². The first-order valence-corrected chi connectivity index (χ1v) is 12.0. The second-order valence-corrected chi connectivity index (χ2v) is 9.82. The Morgan fingerprint density at radius 1 is 0.946 bits per heavy atom. The highest BCUT2D eigenvalue weighted by Gasteiger charge is 2.60. The number of hydrogen-bond donors (Lipinski definition) is 0. The van der Waals surface area contributed by atoms with E-state index < -0.39 is 46.4 Å². The number of allylic oxidation sites excluding steroid dienone is 1. The number of nitro groups is 1. The van der Waals surface area contributed by atoms with Gasteiger partial charge in [-0.1, -0.05) is 60.1 Å². The number of benzene rings is 3. The van der Waals surface area contributed by atoms with Crippen LogP contribution >= 0.6 is 11.6 Å². The summed E-state index contributed by atoms with van der Waals surface area (Å²) in [5, 5.41) is 11.4. The van der Waals surface area contributed by atoms with E-state index >= 15 is 0 Å². The molecule has 0 saturated carbocycles. The number of ether oxygens (including phenoxy) is 1. The number of carbonyl (C=O) groups excluding carboxylic acids is 3. The molecule has 1 aliphatic carbocycles. The summed E-state index contributed by atoms with van der Waals surface area (Å²) < 4.78 is 5.65. The van der Waals surface area contributed by atoms with Crippen LogP contribution in [0.5, 0.6) is 5.75 Å². The lowest BCUT2D eigenvalue weighted by molar-refractivity contribution is -0.384. The van der Waals surface area contributed by atoms with E-state index in [9.17, 15) is 24.5 Å². The van der Waals surface area contributed by atoms with E-state index in [-0.39, 0.29) is 16.4 Å². The Kier molecular flexibility index (Phi) is 5.24. The summed E-state index contributed by atoms with van der Waals surface area (Å²) in [5.74, 6) is -4.90. The number of halogens is 1. The molecule has 4 atom stereocenters. The van der Waals surface area contributed by atoms with E-state index in [0.717, 1.165) is 22.1 Å². The minimum absolute atomic E-state index is 0.0161. The zero-order valence-corrected chi connectivity index (χ0v) is 20.2. The lowest BCUT2D eigenvalue weighted by Gasteiger charge is -2.38. The van der Waals surface area contributed by atoms with Crippen molar-refractivity contribution in [3.63, 3.8) is 0 Å². The molecule has 2 amide bonds. The van der Waals surface area contributed by atoms with Gasteiger partial charge in [0.2, 0.25) is 11.8 Å². The fraction of sp³-hybridized carbons (Fsp3) is 0.179. The number of esters is 1. The number of rotatable bonds is 3. The maximum atomic E-state index is 14.0. The van der Waals surface area contributed by atoms with E-state index in [4.69, 9.17) is 16.3 Å². The van der Waals surface area contributed by atoms with Crippen molar-refractivity contribution in [1.82, 2.24) is 0 Å². The van der Waals surface area contributed by atoms with Gasteiger partial charge in [-0.05, 0) is 35.8 Å². The number of carbonyl (C=O) groups is 3. The minimum Gasteiger partial charge on any atom is -0.425 e. The van der Waals surface area contributed by atoms with Crippen LogP contribution in [0, 0.1) is 34.8 Å². The third-order valence-electron chi connectivity index (χ3n) is 7.32. The number of nitrogens with zero attached hydrogens (tertiary/aromatic N) is 2. The molecule has 9 heteroatoms. The van der Waals surface area contributed by atoms with Gasteiger partial charge in [0, 0.05) is 23.6 Å². The smallest absolute Gasteiger partial charge is 0.319 e. The molecule has 2 heterocycles. The summed E-state index contributed by atoms with van der Waals surface area (Å²) >= 11 is 6.34. The van der Waals surface area contributed by atoms with Crippen LogP contribution in [0.1, 0.15) is 22.6 Å². The average molecular weight is 515 g/mol. The SMILES string of the molecule is Cc1ccc2c(c1)OC(=O)[C@@H]1C2=C[C@H](c2ccccc2)[C@H]2C(=O)N(c3cc([N+](=O)[O-])ccc3Cl)C(=O)[C@@H]12. The zero-order valence-electron chi connectivity index (χ0n) is 19.5. The topological polar surface area (TPSA) is 107 Å². The molecule has 37 heavy (non-hydrogen) atoms. The van der Waals surface area contributed by atoms with E-state index in [1.807, 2.05) is 55.5 Å². The number of imide groups is 1. The van der Waals surface area contributed by atoms with Crippen LogP contribution in [-0.2, 0) is 14.4 Å². The van der Waals surface area contributed by atoms with Crippen molar-refractivity contribution in [2.75, 3.05) is 4.90 Å². The summed E-state index contributed by atoms with van der Waals surface area (Å²) in [6.07, 6.45) is 1.89. The van der Waals surface area contributed by atoms with Gasteiger partial charge in [0.15, 0.2) is 0 Å². The Morgan fingerprint density at radius 3 is 2.41 bits per heavy atom. The summed E-state index contributed by atoms with van der Waals surface area (Å²) in [5.41, 5.74) is 2.67. The zero-order chi connectivity index (χ0) is 26.0. The van der Waals surface area contributed by atoms with Gasteiger partial charge in [0.1, 0.15) is 5.75 Å². The molecule has 8 nitrogen and oxygen atoms in total. The van der Waals surface area contributed by atoms with Crippen molar-refractivity contribution < 1.29 is 24.0 Å². The molecule has 3 aromatic rings. The van der Waals surface area contributed by atoms with Crippen molar-refractivity contribution >= 4 is 46.3 Å². The van der Waals surface area contributed by atoms with E-state index in [1.165, 1.54) is 12.1 Å². The fourth-order valence-corrected chi connectivity index (χ4v) is 5.89. The molecule has 1 saturated heterocycles. The molecule has 0 N–H and O–H groups in total. The van der Waals surface area contributed by atoms with Crippen LogP contribution in [0.2, 0.25) is 5.02 Å². The Morgan fingerprint density at radius 2 is 1.68 bits per heavy atom. The van der Waals surface area contributed by atoms with Crippen molar-refractivity contribution in [2.45, 2.75) is 12.8 Å². The normalized spacial score (nSPS) is 24.1. The van der Waals surface area contributed by atoms with Crippen LogP contribution in [0.4, 0.5) is 11.4 Å². The van der Waals surface area contributed by atoms with Crippen LogP contribution < -0.4 is 9.64 Å². The van der Waals surface area contributed by atoms with Crippen LogP contribution in [0.15, 0.2) is 72.8 Å². The average Bonchev–Trinajstić information content (AvgIpc) is 3.14. The third-order valence-corrected chi connectivity index (χ3v) is 7.64. The van der Waals surface area contributed by atoms with Crippen molar-refractivity contribution in [3.05, 3.63) is 105 Å². The number of fused-ring (bicyclic) bond motifs is 5. The Labute approximate surface area is 216 Å². The minimum atomic E-state index is -1.06. The molecular weight excluding hydrogens is 496 g/mol. The van der Waals surface area contributed by atoms with Gasteiger partial charge in [0.25, 0.3) is 5.69 Å². The fourth-order valence-electron chi connectivity index (χ4n) is 5.69. The van der Waals surface area contributed by atoms with Crippen LogP contribution in [0.3, 0.4) is 0 Å². The lowest BCUT2D eigenvalue weighted by Crippen LogP contribution is -2.42. The number of non-ortho nitro benzene ring substituents is 1. The van der Waals surface area contributed by atoms with E-state index in [1.54, 1.807) is 6.07 Å². The van der Waals surface area contributed by atoms with Gasteiger partial charge in [-0.25, -0.2) is 4.90 Å². The summed E-state index contributed by atoms with van der Waals surface area (Å²) in [7, 11) is 0. The van der Waals surface area contributed by atoms with Crippen molar-refractivity contribution in [1.29, 1.82) is 0 Å². The largest absolute Gasteiger partial charge is 0.425 e. The van der Waals surface area contributed by atoms with Gasteiger partial charge in [-0.15, -0.1) is 0 Å². The first-order chi connectivity index (χ1) is 17.8. The summed E-state index contributed by atoms with van der Waals surface area (Å²) in [4.78, 5) is 52.9. The Balaban J connectivity index is 1.55. The molecule has 0 bridgehead atoms. The summed E-state index contributed by atoms with van der Waals surface area (Å²) in [6.45, 7) is 1.89. The van der Waals surface area contributed by atoms with Crippen LogP contribution in [0.25, 0.3) is 5.57 Å².